The number of nitrogens with zero attached hydrogens (tertiary/aromatic N) is 2. The van der Waals surface area contributed by atoms with Crippen LogP contribution < -0.4 is 4.74 Å². The van der Waals surface area contributed by atoms with Crippen LogP contribution in [0.5, 0.6) is 11.5 Å². The fourth-order valence-corrected chi connectivity index (χ4v) is 3.41. The van der Waals surface area contributed by atoms with Gasteiger partial charge in [0.25, 0.3) is 0 Å². The Morgan fingerprint density at radius 2 is 1.90 bits per heavy atom. The van der Waals surface area contributed by atoms with Gasteiger partial charge in [0, 0.05) is 26.6 Å². The summed E-state index contributed by atoms with van der Waals surface area (Å²) in [4.78, 5) is 6.65. The van der Waals surface area contributed by atoms with Crippen molar-refractivity contribution in [1.82, 2.24) is 4.90 Å². The maximum atomic E-state index is 6.27. The Kier molecular flexibility index (Phi) is 8.24. The van der Waals surface area contributed by atoms with Crippen LogP contribution in [0.2, 0.25) is 0 Å². The van der Waals surface area contributed by atoms with E-state index in [1.54, 1.807) is 0 Å². The van der Waals surface area contributed by atoms with Crippen molar-refractivity contribution in [3.05, 3.63) is 65.2 Å². The highest BCUT2D eigenvalue weighted by Gasteiger charge is 2.27. The highest BCUT2D eigenvalue weighted by molar-refractivity contribution is 5.64. The molecular formula is C26H36N2O2. The average Bonchev–Trinajstić information content (AvgIpc) is 2.69. The van der Waals surface area contributed by atoms with Gasteiger partial charge in [-0.2, -0.15) is 0 Å². The van der Waals surface area contributed by atoms with Crippen LogP contribution in [0.4, 0.5) is 5.69 Å². The second-order valence-electron chi connectivity index (χ2n) is 8.15. The Morgan fingerprint density at radius 1 is 1.17 bits per heavy atom. The van der Waals surface area contributed by atoms with E-state index in [4.69, 9.17) is 9.47 Å². The Bertz CT molecular complexity index is 904. The minimum absolute atomic E-state index is 0.422. The minimum atomic E-state index is -0.422. The molecule has 1 atom stereocenters. The summed E-state index contributed by atoms with van der Waals surface area (Å²) in [5, 5.41) is 0. The van der Waals surface area contributed by atoms with Gasteiger partial charge < -0.3 is 14.4 Å². The van der Waals surface area contributed by atoms with Gasteiger partial charge in [-0.1, -0.05) is 17.7 Å². The zero-order chi connectivity index (χ0) is 22.3. The van der Waals surface area contributed by atoms with Crippen LogP contribution in [0.1, 0.15) is 50.8 Å². The van der Waals surface area contributed by atoms with Gasteiger partial charge in [0.2, 0.25) is 0 Å². The summed E-state index contributed by atoms with van der Waals surface area (Å²) in [6, 6.07) is 12.3. The summed E-state index contributed by atoms with van der Waals surface area (Å²) < 4.78 is 12.4. The maximum absolute atomic E-state index is 6.27. The van der Waals surface area contributed by atoms with Crippen molar-refractivity contribution in [1.29, 1.82) is 0 Å². The molecule has 30 heavy (non-hydrogen) atoms. The number of rotatable bonds is 10. The molecule has 0 heterocycles. The lowest BCUT2D eigenvalue weighted by molar-refractivity contribution is -0.0290. The van der Waals surface area contributed by atoms with Crippen LogP contribution in [-0.2, 0) is 10.3 Å². The minimum Gasteiger partial charge on any atom is -0.457 e. The molecule has 0 N–H and O–H groups in total. The molecule has 4 heteroatoms. The quantitative estimate of drug-likeness (QED) is 0.243. The summed E-state index contributed by atoms with van der Waals surface area (Å²) in [6.07, 6.45) is 2.63. The van der Waals surface area contributed by atoms with Gasteiger partial charge in [-0.15, -0.1) is 6.58 Å². The molecule has 0 fully saturated rings. The zero-order valence-electron chi connectivity index (χ0n) is 19.6. The van der Waals surface area contributed by atoms with E-state index in [-0.39, 0.29) is 0 Å². The summed E-state index contributed by atoms with van der Waals surface area (Å²) in [5.41, 5.74) is 4.84. The Labute approximate surface area is 182 Å². The second kappa shape index (κ2) is 10.4. The summed E-state index contributed by atoms with van der Waals surface area (Å²) in [5.74, 6) is 1.63. The van der Waals surface area contributed by atoms with Crippen LogP contribution in [0.15, 0.2) is 53.5 Å². The predicted octanol–water partition coefficient (Wildman–Crippen LogP) is 6.93. The number of ether oxygens (including phenoxy) is 2. The molecule has 0 aliphatic rings. The van der Waals surface area contributed by atoms with E-state index in [9.17, 15) is 0 Å². The fourth-order valence-electron chi connectivity index (χ4n) is 3.41. The standard InChI is InChI=1S/C26H36N2O2/c1-9-28(8)18-27-24-14-21(6)25(15-20(24)5)30-23-13-11-12-22(16-23)26(7,29-10-2)17-19(3)4/h11-16,18H,3,9-10,17H2,1-2,4-8H3. The Balaban J connectivity index is 2.30. The molecule has 0 aliphatic heterocycles. The van der Waals surface area contributed by atoms with E-state index < -0.39 is 5.60 Å². The summed E-state index contributed by atoms with van der Waals surface area (Å²) >= 11 is 0. The smallest absolute Gasteiger partial charge is 0.130 e. The molecule has 0 bridgehead atoms. The molecule has 0 radical (unpaired) electrons. The van der Waals surface area contributed by atoms with Crippen LogP contribution >= 0.6 is 0 Å². The first-order valence-electron chi connectivity index (χ1n) is 10.6. The molecule has 0 spiro atoms. The molecule has 0 saturated carbocycles. The van der Waals surface area contributed by atoms with Crippen molar-refractivity contribution >= 4 is 12.0 Å². The third kappa shape index (κ3) is 6.20. The molecule has 2 aromatic rings. The van der Waals surface area contributed by atoms with Crippen LogP contribution in [0.25, 0.3) is 0 Å². The largest absolute Gasteiger partial charge is 0.457 e. The molecule has 0 saturated heterocycles. The number of hydrogen-bond donors (Lipinski definition) is 0. The molecule has 0 aliphatic carbocycles. The third-order valence-electron chi connectivity index (χ3n) is 5.16. The first-order valence-corrected chi connectivity index (χ1v) is 10.6. The number of hydrogen-bond acceptors (Lipinski definition) is 3. The molecule has 1 unspecified atom stereocenters. The van der Waals surface area contributed by atoms with E-state index >= 15 is 0 Å². The van der Waals surface area contributed by atoms with Gasteiger partial charge in [0.05, 0.1) is 17.6 Å². The molecular weight excluding hydrogens is 372 g/mol. The Morgan fingerprint density at radius 3 is 2.53 bits per heavy atom. The molecule has 4 nitrogen and oxygen atoms in total. The molecule has 2 rings (SSSR count). The SMILES string of the molecule is C=C(C)CC(C)(OCC)c1cccc(Oc2cc(C)c(N=CN(C)CC)cc2C)c1. The van der Waals surface area contributed by atoms with Gasteiger partial charge in [0.15, 0.2) is 0 Å². The highest BCUT2D eigenvalue weighted by Crippen LogP contribution is 2.36. The second-order valence-corrected chi connectivity index (χ2v) is 8.15. The van der Waals surface area contributed by atoms with Gasteiger partial charge in [0.1, 0.15) is 11.5 Å². The normalized spacial score (nSPS) is 13.3. The lowest BCUT2D eigenvalue weighted by atomic mass is 9.89. The molecule has 0 amide bonds. The van der Waals surface area contributed by atoms with Crippen LogP contribution in [0, 0.1) is 13.8 Å². The first kappa shape index (κ1) is 23.7. The number of aryl methyl sites for hydroxylation is 2. The predicted molar refractivity (Wildman–Crippen MR) is 127 cm³/mol. The van der Waals surface area contributed by atoms with Crippen molar-refractivity contribution in [3.63, 3.8) is 0 Å². The summed E-state index contributed by atoms with van der Waals surface area (Å²) in [6.45, 7) is 18.0. The van der Waals surface area contributed by atoms with Gasteiger partial charge >= 0.3 is 0 Å². The van der Waals surface area contributed by atoms with Crippen molar-refractivity contribution < 1.29 is 9.47 Å². The van der Waals surface area contributed by atoms with Gasteiger partial charge in [-0.3, -0.25) is 0 Å². The summed E-state index contributed by atoms with van der Waals surface area (Å²) in [7, 11) is 2.01. The van der Waals surface area contributed by atoms with Crippen molar-refractivity contribution in [2.75, 3.05) is 20.2 Å². The van der Waals surface area contributed by atoms with Crippen molar-refractivity contribution in [2.24, 2.45) is 4.99 Å². The van der Waals surface area contributed by atoms with Crippen molar-refractivity contribution in [2.45, 2.75) is 53.6 Å². The third-order valence-corrected chi connectivity index (χ3v) is 5.16. The van der Waals surface area contributed by atoms with Crippen LogP contribution in [0.3, 0.4) is 0 Å². The molecule has 2 aromatic carbocycles. The van der Waals surface area contributed by atoms with E-state index in [0.717, 1.165) is 52.4 Å². The maximum Gasteiger partial charge on any atom is 0.130 e. The molecule has 0 aromatic heterocycles. The van der Waals surface area contributed by atoms with Crippen molar-refractivity contribution in [3.8, 4) is 11.5 Å². The monoisotopic (exact) mass is 408 g/mol. The first-order chi connectivity index (χ1) is 14.2. The number of benzene rings is 2. The highest BCUT2D eigenvalue weighted by atomic mass is 16.5. The lowest BCUT2D eigenvalue weighted by Crippen LogP contribution is -2.26. The zero-order valence-corrected chi connectivity index (χ0v) is 19.6. The average molecular weight is 409 g/mol. The number of aliphatic imine (C=N–C) groups is 1. The van der Waals surface area contributed by atoms with E-state index in [1.165, 1.54) is 0 Å². The van der Waals surface area contributed by atoms with Gasteiger partial charge in [-0.05, 0) is 82.5 Å². The topological polar surface area (TPSA) is 34.1 Å². The molecule has 162 valence electrons. The fraction of sp³-hybridized carbons (Fsp3) is 0.423. The van der Waals surface area contributed by atoms with E-state index in [1.807, 2.05) is 51.2 Å². The lowest BCUT2D eigenvalue weighted by Gasteiger charge is -2.30. The van der Waals surface area contributed by atoms with Gasteiger partial charge in [-0.25, -0.2) is 4.99 Å². The van der Waals surface area contributed by atoms with E-state index in [0.29, 0.717) is 6.61 Å². The van der Waals surface area contributed by atoms with Crippen LogP contribution in [-0.4, -0.2) is 31.4 Å². The Hall–Kier alpha value is -2.59. The van der Waals surface area contributed by atoms with E-state index in [2.05, 4.69) is 56.6 Å².